The quantitative estimate of drug-likeness (QED) is 0.298. The molecule has 1 aromatic carbocycles. The third-order valence-electron chi connectivity index (χ3n) is 7.69. The molecule has 38 heavy (non-hydrogen) atoms. The number of pyridine rings is 1. The fourth-order valence-electron chi connectivity index (χ4n) is 5.42. The van der Waals surface area contributed by atoms with E-state index in [9.17, 15) is 0 Å². The molecule has 1 aliphatic heterocycles. The molecule has 1 fully saturated rings. The molecule has 2 aliphatic rings. The highest BCUT2D eigenvalue weighted by molar-refractivity contribution is 7.19. The van der Waals surface area contributed by atoms with Gasteiger partial charge in [0.05, 0.1) is 16.1 Å². The molecule has 1 atom stereocenters. The summed E-state index contributed by atoms with van der Waals surface area (Å²) in [4.78, 5) is 21.2. The largest absolute Gasteiger partial charge is 0.486 e. The lowest BCUT2D eigenvalue weighted by molar-refractivity contribution is 0.145. The Morgan fingerprint density at radius 1 is 1.11 bits per heavy atom. The first-order valence-electron chi connectivity index (χ1n) is 13.4. The molecule has 0 amide bonds. The van der Waals surface area contributed by atoms with Crippen molar-refractivity contribution in [1.82, 2.24) is 24.8 Å². The Labute approximate surface area is 232 Å². The van der Waals surface area contributed by atoms with Crippen molar-refractivity contribution in [3.05, 3.63) is 70.1 Å². The molecule has 0 radical (unpaired) electrons. The van der Waals surface area contributed by atoms with Gasteiger partial charge in [0.1, 0.15) is 29.3 Å². The van der Waals surface area contributed by atoms with Crippen LogP contribution in [0.4, 0.5) is 11.5 Å². The number of aryl methyl sites for hydroxylation is 1. The van der Waals surface area contributed by atoms with Crippen molar-refractivity contribution in [1.29, 1.82) is 0 Å². The second kappa shape index (κ2) is 11.5. The fourth-order valence-corrected chi connectivity index (χ4v) is 6.96. The van der Waals surface area contributed by atoms with Crippen LogP contribution in [0.25, 0.3) is 10.2 Å². The molecule has 6 rings (SSSR count). The zero-order valence-electron chi connectivity index (χ0n) is 21.7. The summed E-state index contributed by atoms with van der Waals surface area (Å²) in [5.74, 6) is 2.23. The zero-order valence-corrected chi connectivity index (χ0v) is 23.3. The minimum Gasteiger partial charge on any atom is -0.486 e. The van der Waals surface area contributed by atoms with Crippen LogP contribution in [0.3, 0.4) is 0 Å². The molecule has 1 N–H and O–H groups in total. The molecule has 4 heterocycles. The topological polar surface area (TPSA) is 66.4 Å². The minimum absolute atomic E-state index is 0.372. The van der Waals surface area contributed by atoms with Crippen LogP contribution in [0.1, 0.15) is 29.0 Å². The van der Waals surface area contributed by atoms with Crippen molar-refractivity contribution in [2.45, 2.75) is 32.3 Å². The molecule has 0 spiro atoms. The van der Waals surface area contributed by atoms with Gasteiger partial charge in [0.25, 0.3) is 0 Å². The first-order valence-corrected chi connectivity index (χ1v) is 14.6. The minimum atomic E-state index is 0.372. The van der Waals surface area contributed by atoms with Gasteiger partial charge in [-0.1, -0.05) is 17.7 Å². The number of thiophene rings is 1. The summed E-state index contributed by atoms with van der Waals surface area (Å²) in [5.41, 5.74) is 3.16. The number of fused-ring (bicyclic) bond motifs is 3. The summed E-state index contributed by atoms with van der Waals surface area (Å²) >= 11 is 8.40. The van der Waals surface area contributed by atoms with Crippen molar-refractivity contribution in [3.63, 3.8) is 0 Å². The Bertz CT molecular complexity index is 1390. The maximum absolute atomic E-state index is 6.56. The summed E-state index contributed by atoms with van der Waals surface area (Å²) in [6.07, 6.45) is 8.16. The highest BCUT2D eigenvalue weighted by atomic mass is 35.5. The molecule has 1 saturated heterocycles. The van der Waals surface area contributed by atoms with Crippen molar-refractivity contribution in [2.75, 3.05) is 45.1 Å². The van der Waals surface area contributed by atoms with Gasteiger partial charge in [-0.2, -0.15) is 0 Å². The monoisotopic (exact) mass is 548 g/mol. The summed E-state index contributed by atoms with van der Waals surface area (Å²) in [6.45, 7) is 6.36. The zero-order chi connectivity index (χ0) is 25.9. The van der Waals surface area contributed by atoms with E-state index >= 15 is 0 Å². The summed E-state index contributed by atoms with van der Waals surface area (Å²) in [7, 11) is 2.22. The molecular formula is C29H33ClN6OS. The smallest absolute Gasteiger partial charge is 0.142 e. The molecule has 198 valence electrons. The summed E-state index contributed by atoms with van der Waals surface area (Å²) in [5, 5.41) is 5.21. The van der Waals surface area contributed by atoms with Crippen LogP contribution in [0.15, 0.2) is 48.9 Å². The van der Waals surface area contributed by atoms with E-state index in [1.165, 1.54) is 56.0 Å². The van der Waals surface area contributed by atoms with Crippen molar-refractivity contribution >= 4 is 44.7 Å². The number of ether oxygens (including phenoxy) is 1. The van der Waals surface area contributed by atoms with E-state index in [0.29, 0.717) is 17.4 Å². The van der Waals surface area contributed by atoms with Gasteiger partial charge in [0.2, 0.25) is 0 Å². The van der Waals surface area contributed by atoms with Gasteiger partial charge in [-0.25, -0.2) is 9.97 Å². The first-order chi connectivity index (χ1) is 18.6. The Morgan fingerprint density at radius 2 is 2.00 bits per heavy atom. The first kappa shape index (κ1) is 25.5. The molecule has 3 aromatic heterocycles. The Balaban J connectivity index is 1.13. The van der Waals surface area contributed by atoms with Gasteiger partial charge in [0.15, 0.2) is 0 Å². The number of piperazine rings is 1. The number of benzene rings is 1. The summed E-state index contributed by atoms with van der Waals surface area (Å²) < 4.78 is 5.88. The van der Waals surface area contributed by atoms with Crippen LogP contribution in [0, 0.1) is 5.92 Å². The van der Waals surface area contributed by atoms with E-state index in [1.54, 1.807) is 12.5 Å². The maximum atomic E-state index is 6.56. The van der Waals surface area contributed by atoms with Crippen LogP contribution in [0.5, 0.6) is 5.75 Å². The molecule has 4 aromatic rings. The Hall–Kier alpha value is -2.78. The van der Waals surface area contributed by atoms with Gasteiger partial charge in [-0.05, 0) is 81.1 Å². The average Bonchev–Trinajstić information content (AvgIpc) is 3.32. The molecule has 7 nitrogen and oxygen atoms in total. The highest BCUT2D eigenvalue weighted by Crippen LogP contribution is 2.41. The molecule has 1 aliphatic carbocycles. The molecule has 1 unspecified atom stereocenters. The second-order valence-corrected chi connectivity index (χ2v) is 11.8. The normalized spacial score (nSPS) is 18.4. The van der Waals surface area contributed by atoms with Gasteiger partial charge < -0.3 is 19.9 Å². The number of hydrogen-bond donors (Lipinski definition) is 1. The standard InChI is InChI=1S/C29H33ClN6OS/c1-35-12-14-36(15-13-35)11-9-20-5-7-23-26(16-20)38-29-27(23)28(32-19-33-29)34-21-6-8-25(24(30)17-21)37-18-22-4-2-3-10-31-22/h2-4,6,8,10,17,19-20H,5,7,9,11-16,18H2,1H3,(H,32,33,34). The van der Waals surface area contributed by atoms with Gasteiger partial charge in [-0.3, -0.25) is 4.98 Å². The van der Waals surface area contributed by atoms with E-state index in [1.807, 2.05) is 47.7 Å². The van der Waals surface area contributed by atoms with Gasteiger partial charge in [-0.15, -0.1) is 11.3 Å². The highest BCUT2D eigenvalue weighted by Gasteiger charge is 2.26. The number of halogens is 1. The molecule has 9 heteroatoms. The fraction of sp³-hybridized carbons (Fsp3) is 0.414. The number of likely N-dealkylation sites (N-methyl/N-ethyl adjacent to an activating group) is 1. The van der Waals surface area contributed by atoms with Crippen molar-refractivity contribution in [3.8, 4) is 5.75 Å². The summed E-state index contributed by atoms with van der Waals surface area (Å²) in [6, 6.07) is 11.5. The molecular weight excluding hydrogens is 516 g/mol. The lowest BCUT2D eigenvalue weighted by atomic mass is 9.85. The predicted octanol–water partition coefficient (Wildman–Crippen LogP) is 5.80. The second-order valence-electron chi connectivity index (χ2n) is 10.3. The van der Waals surface area contributed by atoms with Crippen LogP contribution in [0.2, 0.25) is 5.02 Å². The van der Waals surface area contributed by atoms with E-state index in [-0.39, 0.29) is 0 Å². The number of rotatable bonds is 8. The lowest BCUT2D eigenvalue weighted by Gasteiger charge is -2.33. The Kier molecular flexibility index (Phi) is 7.74. The third-order valence-corrected chi connectivity index (χ3v) is 9.15. The van der Waals surface area contributed by atoms with E-state index in [2.05, 4.69) is 37.1 Å². The SMILES string of the molecule is CN1CCN(CCC2CCc3c(sc4ncnc(Nc5ccc(OCc6ccccn6)c(Cl)c5)c34)C2)CC1. The molecule has 0 saturated carbocycles. The number of nitrogens with one attached hydrogen (secondary N) is 1. The van der Waals surface area contributed by atoms with Crippen molar-refractivity contribution < 1.29 is 4.74 Å². The van der Waals surface area contributed by atoms with Gasteiger partial charge >= 0.3 is 0 Å². The number of nitrogens with zero attached hydrogens (tertiary/aromatic N) is 5. The van der Waals surface area contributed by atoms with E-state index in [4.69, 9.17) is 16.3 Å². The van der Waals surface area contributed by atoms with E-state index < -0.39 is 0 Å². The number of hydrogen-bond acceptors (Lipinski definition) is 8. The van der Waals surface area contributed by atoms with Crippen LogP contribution in [-0.4, -0.2) is 64.5 Å². The average molecular weight is 549 g/mol. The maximum Gasteiger partial charge on any atom is 0.142 e. The molecule has 0 bridgehead atoms. The van der Waals surface area contributed by atoms with Crippen LogP contribution < -0.4 is 10.1 Å². The van der Waals surface area contributed by atoms with E-state index in [0.717, 1.165) is 46.2 Å². The number of anilines is 2. The van der Waals surface area contributed by atoms with Crippen molar-refractivity contribution in [2.24, 2.45) is 5.92 Å². The van der Waals surface area contributed by atoms with Crippen LogP contribution >= 0.6 is 22.9 Å². The van der Waals surface area contributed by atoms with Gasteiger partial charge in [0, 0.05) is 42.9 Å². The number of aromatic nitrogens is 3. The lowest BCUT2D eigenvalue weighted by Crippen LogP contribution is -2.45. The third kappa shape index (κ3) is 5.78. The van der Waals surface area contributed by atoms with Crippen LogP contribution in [-0.2, 0) is 19.4 Å². The predicted molar refractivity (Wildman–Crippen MR) is 155 cm³/mol. The Morgan fingerprint density at radius 3 is 2.82 bits per heavy atom.